The van der Waals surface area contributed by atoms with E-state index in [1.54, 1.807) is 18.2 Å². The smallest absolute Gasteiger partial charge is 0.190 e. The molecule has 0 fully saturated rings. The van der Waals surface area contributed by atoms with Crippen molar-refractivity contribution in [2.75, 3.05) is 19.8 Å². The van der Waals surface area contributed by atoms with Gasteiger partial charge < -0.3 is 14.0 Å². The Kier molecular flexibility index (Phi) is 5.97. The molecule has 90 valence electrons. The van der Waals surface area contributed by atoms with E-state index >= 15 is 0 Å². The van der Waals surface area contributed by atoms with Crippen LogP contribution in [0, 0.1) is 0 Å². The minimum absolute atomic E-state index is 0.255. The molecule has 0 heterocycles. The number of rotatable bonds is 6. The molecule has 1 N–H and O–H groups in total. The number of hydrogen-bond acceptors (Lipinski definition) is 3. The maximum atomic E-state index is 11.0. The highest BCUT2D eigenvalue weighted by atomic mass is 79.9. The van der Waals surface area contributed by atoms with Gasteiger partial charge in [0.15, 0.2) is 11.1 Å². The van der Waals surface area contributed by atoms with Crippen molar-refractivity contribution in [1.29, 1.82) is 0 Å². The number of ether oxygens (including phenoxy) is 2. The summed E-state index contributed by atoms with van der Waals surface area (Å²) in [7, 11) is 0. The van der Waals surface area contributed by atoms with Gasteiger partial charge >= 0.3 is 0 Å². The molecule has 0 saturated carbocycles. The van der Waals surface area contributed by atoms with Crippen LogP contribution in [-0.4, -0.2) is 28.6 Å². The third kappa shape index (κ3) is 4.21. The fraction of sp³-hybridized carbons (Fsp3) is 0.400. The van der Waals surface area contributed by atoms with Crippen molar-refractivity contribution in [3.05, 3.63) is 22.7 Å². The molecule has 0 aliphatic carbocycles. The Morgan fingerprint density at radius 1 is 1.44 bits per heavy atom. The second kappa shape index (κ2) is 7.01. The first-order valence-corrected chi connectivity index (χ1v) is 6.66. The summed E-state index contributed by atoms with van der Waals surface area (Å²) in [5.41, 5.74) is 0. The van der Waals surface area contributed by atoms with Crippen LogP contribution in [0.25, 0.3) is 0 Å². The maximum Gasteiger partial charge on any atom is 0.190 e. The van der Waals surface area contributed by atoms with Gasteiger partial charge in [0.2, 0.25) is 0 Å². The Hall–Kier alpha value is -0.430. The summed E-state index contributed by atoms with van der Waals surface area (Å²) >= 11 is 1.18. The van der Waals surface area contributed by atoms with Crippen molar-refractivity contribution >= 4 is 27.0 Å². The fourth-order valence-corrected chi connectivity index (χ4v) is 2.13. The first-order valence-electron chi connectivity index (χ1n) is 4.76. The summed E-state index contributed by atoms with van der Waals surface area (Å²) in [6, 6.07) is 4.97. The molecule has 0 saturated heterocycles. The van der Waals surface area contributed by atoms with Gasteiger partial charge in [-0.2, -0.15) is 0 Å². The maximum absolute atomic E-state index is 11.0. The normalized spacial score (nSPS) is 12.4. The third-order valence-corrected chi connectivity index (χ3v) is 2.97. The standard InChI is InChI=1S/C10H13BrO4S/c1-2-14-5-6-15-9-4-3-8(11)7-10(9)16(12)13/h3-4,7H,2,5-6H2,1H3,(H,12,13). The summed E-state index contributed by atoms with van der Waals surface area (Å²) < 4.78 is 31.3. The van der Waals surface area contributed by atoms with Crippen LogP contribution >= 0.6 is 15.9 Å². The molecule has 0 aromatic heterocycles. The average molecular weight is 309 g/mol. The van der Waals surface area contributed by atoms with E-state index in [2.05, 4.69) is 15.9 Å². The first kappa shape index (κ1) is 13.6. The van der Waals surface area contributed by atoms with Gasteiger partial charge in [0.1, 0.15) is 17.3 Å². The van der Waals surface area contributed by atoms with Gasteiger partial charge in [-0.05, 0) is 25.1 Å². The van der Waals surface area contributed by atoms with Gasteiger partial charge in [0.25, 0.3) is 0 Å². The van der Waals surface area contributed by atoms with Crippen molar-refractivity contribution in [3.8, 4) is 5.75 Å². The zero-order valence-corrected chi connectivity index (χ0v) is 11.2. The second-order valence-corrected chi connectivity index (χ2v) is 4.74. The van der Waals surface area contributed by atoms with E-state index in [1.807, 2.05) is 6.92 Å². The first-order chi connectivity index (χ1) is 7.65. The van der Waals surface area contributed by atoms with Crippen molar-refractivity contribution in [2.24, 2.45) is 0 Å². The van der Waals surface area contributed by atoms with Crippen molar-refractivity contribution in [3.63, 3.8) is 0 Å². The van der Waals surface area contributed by atoms with E-state index < -0.39 is 11.1 Å². The van der Waals surface area contributed by atoms with Crippen LogP contribution in [-0.2, 0) is 15.8 Å². The highest BCUT2D eigenvalue weighted by Gasteiger charge is 2.09. The van der Waals surface area contributed by atoms with Gasteiger partial charge in [0, 0.05) is 11.1 Å². The molecule has 1 unspecified atom stereocenters. The van der Waals surface area contributed by atoms with E-state index in [-0.39, 0.29) is 4.90 Å². The molecule has 0 aliphatic heterocycles. The minimum Gasteiger partial charge on any atom is -0.490 e. The molecule has 4 nitrogen and oxygen atoms in total. The molecule has 16 heavy (non-hydrogen) atoms. The number of benzene rings is 1. The Morgan fingerprint density at radius 3 is 2.81 bits per heavy atom. The molecule has 6 heteroatoms. The number of hydrogen-bond donors (Lipinski definition) is 1. The van der Waals surface area contributed by atoms with E-state index in [0.29, 0.717) is 25.6 Å². The largest absolute Gasteiger partial charge is 0.490 e. The summed E-state index contributed by atoms with van der Waals surface area (Å²) in [6.45, 7) is 3.35. The Bertz CT molecular complexity index is 370. The lowest BCUT2D eigenvalue weighted by atomic mass is 10.3. The van der Waals surface area contributed by atoms with E-state index in [4.69, 9.17) is 14.0 Å². The molecule has 0 bridgehead atoms. The monoisotopic (exact) mass is 308 g/mol. The molecule has 0 aliphatic rings. The summed E-state index contributed by atoms with van der Waals surface area (Å²) in [6.07, 6.45) is 0. The highest BCUT2D eigenvalue weighted by molar-refractivity contribution is 9.10. The van der Waals surface area contributed by atoms with E-state index in [1.165, 1.54) is 0 Å². The van der Waals surface area contributed by atoms with Crippen LogP contribution < -0.4 is 4.74 Å². The average Bonchev–Trinajstić information content (AvgIpc) is 2.26. The molecular weight excluding hydrogens is 296 g/mol. The zero-order valence-electron chi connectivity index (χ0n) is 8.81. The minimum atomic E-state index is -2.05. The SMILES string of the molecule is CCOCCOc1ccc(Br)cc1S(=O)O. The lowest BCUT2D eigenvalue weighted by Gasteiger charge is -2.09. The molecule has 0 amide bonds. The highest BCUT2D eigenvalue weighted by Crippen LogP contribution is 2.25. The molecule has 1 rings (SSSR count). The zero-order chi connectivity index (χ0) is 12.0. The Labute approximate surface area is 105 Å². The Balaban J connectivity index is 2.67. The molecular formula is C10H13BrO4S. The second-order valence-electron chi connectivity index (χ2n) is 2.89. The van der Waals surface area contributed by atoms with Crippen molar-refractivity contribution in [1.82, 2.24) is 0 Å². The fourth-order valence-electron chi connectivity index (χ4n) is 1.09. The summed E-state index contributed by atoms with van der Waals surface area (Å²) in [4.78, 5) is 0.255. The van der Waals surface area contributed by atoms with Crippen LogP contribution in [0.15, 0.2) is 27.6 Å². The van der Waals surface area contributed by atoms with Gasteiger partial charge in [-0.15, -0.1) is 0 Å². The van der Waals surface area contributed by atoms with Gasteiger partial charge in [-0.3, -0.25) is 0 Å². The lowest BCUT2D eigenvalue weighted by molar-refractivity contribution is 0.109. The predicted molar refractivity (Wildman–Crippen MR) is 65.2 cm³/mol. The van der Waals surface area contributed by atoms with Crippen LogP contribution in [0.4, 0.5) is 0 Å². The van der Waals surface area contributed by atoms with E-state index in [0.717, 1.165) is 4.47 Å². The molecule has 1 aromatic carbocycles. The summed E-state index contributed by atoms with van der Waals surface area (Å²) in [5.74, 6) is 0.406. The molecule has 1 aromatic rings. The molecule has 0 radical (unpaired) electrons. The third-order valence-electron chi connectivity index (χ3n) is 1.78. The molecule has 0 spiro atoms. The number of halogens is 1. The van der Waals surface area contributed by atoms with Crippen LogP contribution in [0.2, 0.25) is 0 Å². The van der Waals surface area contributed by atoms with Crippen molar-refractivity contribution in [2.45, 2.75) is 11.8 Å². The Morgan fingerprint density at radius 2 is 2.19 bits per heavy atom. The van der Waals surface area contributed by atoms with Gasteiger partial charge in [-0.1, -0.05) is 15.9 Å². The van der Waals surface area contributed by atoms with Gasteiger partial charge in [0.05, 0.1) is 6.61 Å². The lowest BCUT2D eigenvalue weighted by Crippen LogP contribution is -2.08. The van der Waals surface area contributed by atoms with Crippen LogP contribution in [0.5, 0.6) is 5.75 Å². The van der Waals surface area contributed by atoms with Crippen LogP contribution in [0.1, 0.15) is 6.92 Å². The predicted octanol–water partition coefficient (Wildman–Crippen LogP) is 2.45. The molecule has 1 atom stereocenters. The quantitative estimate of drug-likeness (QED) is 0.648. The van der Waals surface area contributed by atoms with Crippen LogP contribution in [0.3, 0.4) is 0 Å². The topological polar surface area (TPSA) is 55.8 Å². The van der Waals surface area contributed by atoms with Crippen molar-refractivity contribution < 1.29 is 18.2 Å². The van der Waals surface area contributed by atoms with E-state index in [9.17, 15) is 4.21 Å². The van der Waals surface area contributed by atoms with Gasteiger partial charge in [-0.25, -0.2) is 4.21 Å². The summed E-state index contributed by atoms with van der Waals surface area (Å²) in [5, 5.41) is 0.